The predicted molar refractivity (Wildman–Crippen MR) is 109 cm³/mol. The molecule has 3 aromatic carbocycles. The van der Waals surface area contributed by atoms with Crippen molar-refractivity contribution in [2.75, 3.05) is 5.32 Å². The van der Waals surface area contributed by atoms with Gasteiger partial charge in [0.05, 0.1) is 5.56 Å². The molecule has 0 spiro atoms. The molecule has 0 aliphatic carbocycles. The van der Waals surface area contributed by atoms with Crippen LogP contribution in [0.15, 0.2) is 89.4 Å². The third kappa shape index (κ3) is 7.50. The summed E-state index contributed by atoms with van der Waals surface area (Å²) in [6, 6.07) is 26.4. The second-order valence-corrected chi connectivity index (χ2v) is 6.32. The molecular weight excluding hydrogens is 462 g/mol. The fourth-order valence-electron chi connectivity index (χ4n) is 1.91. The maximum atomic E-state index is 10.3. The van der Waals surface area contributed by atoms with Crippen molar-refractivity contribution in [3.63, 3.8) is 0 Å². The maximum absolute atomic E-state index is 10.3. The molecule has 6 heteroatoms. The van der Waals surface area contributed by atoms with Crippen molar-refractivity contribution < 1.29 is 27.0 Å². The van der Waals surface area contributed by atoms with E-state index in [1.54, 1.807) is 24.3 Å². The zero-order valence-corrected chi connectivity index (χ0v) is 16.9. The number of nitrogens with one attached hydrogen (secondary N) is 1. The SMILES string of the molecule is O=C(O)c1ccc(Br)cc1.S=C(Nc1ccccc1)c1ccccc1.[Cu]. The van der Waals surface area contributed by atoms with Gasteiger partial charge >= 0.3 is 5.97 Å². The summed E-state index contributed by atoms with van der Waals surface area (Å²) in [7, 11) is 0. The average Bonchev–Trinajstić information content (AvgIpc) is 2.64. The number of para-hydroxylation sites is 1. The molecule has 0 aliphatic heterocycles. The molecular formula is C20H16BrCuNO2S. The minimum atomic E-state index is -0.896. The maximum Gasteiger partial charge on any atom is 0.335 e. The second-order valence-electron chi connectivity index (χ2n) is 5.00. The predicted octanol–water partition coefficient (Wildman–Crippen LogP) is 5.62. The summed E-state index contributed by atoms with van der Waals surface area (Å²) >= 11 is 8.49. The van der Waals surface area contributed by atoms with Gasteiger partial charge in [-0.1, -0.05) is 76.7 Å². The van der Waals surface area contributed by atoms with E-state index in [9.17, 15) is 4.79 Å². The molecule has 3 rings (SSSR count). The van der Waals surface area contributed by atoms with Crippen LogP contribution in [0.2, 0.25) is 0 Å². The molecule has 0 saturated carbocycles. The Morgan fingerprint density at radius 3 is 1.81 bits per heavy atom. The first-order valence-corrected chi connectivity index (χ1v) is 8.66. The number of hydrogen-bond acceptors (Lipinski definition) is 2. The molecule has 3 nitrogen and oxygen atoms in total. The standard InChI is InChI=1S/C13H11NS.C7H5BrO2.Cu/c15-13(11-7-3-1-4-8-11)14-12-9-5-2-6-10-12;8-6-3-1-5(2-4-6)7(9)10;/h1-10H,(H,14,15);1-4H,(H,9,10);. The van der Waals surface area contributed by atoms with Crippen LogP contribution in [-0.2, 0) is 17.1 Å². The normalized spacial score (nSPS) is 9.12. The number of halogens is 1. The Hall–Kier alpha value is -1.98. The average molecular weight is 478 g/mol. The Morgan fingerprint density at radius 1 is 0.808 bits per heavy atom. The third-order valence-corrected chi connectivity index (χ3v) is 4.03. The Bertz CT molecular complexity index is 827. The van der Waals surface area contributed by atoms with Crippen molar-refractivity contribution in [1.29, 1.82) is 0 Å². The molecule has 1 radical (unpaired) electrons. The molecule has 0 aromatic heterocycles. The van der Waals surface area contributed by atoms with E-state index < -0.39 is 5.97 Å². The van der Waals surface area contributed by atoms with E-state index in [1.807, 2.05) is 60.7 Å². The van der Waals surface area contributed by atoms with E-state index in [4.69, 9.17) is 17.3 Å². The summed E-state index contributed by atoms with van der Waals surface area (Å²) in [5.41, 5.74) is 2.37. The smallest absolute Gasteiger partial charge is 0.335 e. The van der Waals surface area contributed by atoms with Gasteiger partial charge in [0.25, 0.3) is 0 Å². The molecule has 0 heterocycles. The summed E-state index contributed by atoms with van der Waals surface area (Å²) in [5, 5.41) is 11.7. The summed E-state index contributed by atoms with van der Waals surface area (Å²) in [4.78, 5) is 11.0. The van der Waals surface area contributed by atoms with Gasteiger partial charge in [-0.2, -0.15) is 0 Å². The Morgan fingerprint density at radius 2 is 1.31 bits per heavy atom. The first kappa shape index (κ1) is 22.1. The van der Waals surface area contributed by atoms with Gasteiger partial charge in [-0.05, 0) is 36.4 Å². The largest absolute Gasteiger partial charge is 0.478 e. The molecule has 3 aromatic rings. The Kier molecular flexibility index (Phi) is 9.84. The van der Waals surface area contributed by atoms with E-state index >= 15 is 0 Å². The molecule has 0 aliphatic rings. The van der Waals surface area contributed by atoms with E-state index in [0.29, 0.717) is 5.56 Å². The van der Waals surface area contributed by atoms with Gasteiger partial charge in [-0.25, -0.2) is 4.79 Å². The molecule has 0 amide bonds. The number of aromatic carboxylic acids is 1. The van der Waals surface area contributed by atoms with Gasteiger partial charge in [0.2, 0.25) is 0 Å². The molecule has 26 heavy (non-hydrogen) atoms. The van der Waals surface area contributed by atoms with Crippen molar-refractivity contribution in [3.8, 4) is 0 Å². The molecule has 137 valence electrons. The van der Waals surface area contributed by atoms with Gasteiger partial charge in [0, 0.05) is 32.8 Å². The van der Waals surface area contributed by atoms with Gasteiger partial charge in [0.1, 0.15) is 4.99 Å². The van der Waals surface area contributed by atoms with Crippen LogP contribution < -0.4 is 5.32 Å². The van der Waals surface area contributed by atoms with Gasteiger partial charge in [-0.3, -0.25) is 0 Å². The zero-order valence-electron chi connectivity index (χ0n) is 13.5. The van der Waals surface area contributed by atoms with Crippen LogP contribution in [0, 0.1) is 0 Å². The number of carboxylic acids is 1. The van der Waals surface area contributed by atoms with E-state index in [-0.39, 0.29) is 17.1 Å². The summed E-state index contributed by atoms with van der Waals surface area (Å²) in [6.45, 7) is 0. The van der Waals surface area contributed by atoms with Crippen LogP contribution >= 0.6 is 28.1 Å². The van der Waals surface area contributed by atoms with E-state index in [1.165, 1.54) is 0 Å². The number of hydrogen-bond donors (Lipinski definition) is 2. The van der Waals surface area contributed by atoms with Crippen molar-refractivity contribution in [2.24, 2.45) is 0 Å². The number of rotatable bonds is 3. The number of carboxylic acid groups (broad SMARTS) is 1. The molecule has 0 fully saturated rings. The van der Waals surface area contributed by atoms with Crippen LogP contribution in [0.3, 0.4) is 0 Å². The first-order valence-electron chi connectivity index (χ1n) is 7.46. The number of thiocarbonyl (C=S) groups is 1. The van der Waals surface area contributed by atoms with Crippen LogP contribution in [0.1, 0.15) is 15.9 Å². The first-order chi connectivity index (χ1) is 12.1. The molecule has 0 unspecified atom stereocenters. The number of carbonyl (C=O) groups is 1. The minimum absolute atomic E-state index is 0. The monoisotopic (exact) mass is 476 g/mol. The Labute approximate surface area is 177 Å². The zero-order chi connectivity index (χ0) is 18.1. The van der Waals surface area contributed by atoms with Crippen molar-refractivity contribution in [1.82, 2.24) is 0 Å². The summed E-state index contributed by atoms with van der Waals surface area (Å²) in [5.74, 6) is -0.896. The van der Waals surface area contributed by atoms with E-state index in [2.05, 4.69) is 21.2 Å². The van der Waals surface area contributed by atoms with Crippen LogP contribution in [0.25, 0.3) is 0 Å². The molecule has 0 bridgehead atoms. The van der Waals surface area contributed by atoms with E-state index in [0.717, 1.165) is 20.7 Å². The fraction of sp³-hybridized carbons (Fsp3) is 0. The number of anilines is 1. The Balaban J connectivity index is 0.000000270. The quantitative estimate of drug-likeness (QED) is 0.380. The molecule has 0 atom stereocenters. The van der Waals surface area contributed by atoms with Crippen LogP contribution in [0.4, 0.5) is 5.69 Å². The topological polar surface area (TPSA) is 49.3 Å². The molecule has 2 N–H and O–H groups in total. The minimum Gasteiger partial charge on any atom is -0.478 e. The second kappa shape index (κ2) is 11.6. The van der Waals surface area contributed by atoms with Crippen molar-refractivity contribution >= 4 is 44.8 Å². The van der Waals surface area contributed by atoms with Gasteiger partial charge in [0.15, 0.2) is 0 Å². The van der Waals surface area contributed by atoms with Crippen LogP contribution in [0.5, 0.6) is 0 Å². The van der Waals surface area contributed by atoms with Crippen LogP contribution in [-0.4, -0.2) is 16.1 Å². The summed E-state index contributed by atoms with van der Waals surface area (Å²) in [6.07, 6.45) is 0. The third-order valence-electron chi connectivity index (χ3n) is 3.16. The fourth-order valence-corrected chi connectivity index (χ4v) is 2.43. The summed E-state index contributed by atoms with van der Waals surface area (Å²) < 4.78 is 0.887. The molecule has 0 saturated heterocycles. The number of benzene rings is 3. The van der Waals surface area contributed by atoms with Crippen molar-refractivity contribution in [3.05, 3.63) is 101 Å². The van der Waals surface area contributed by atoms with Gasteiger partial charge < -0.3 is 10.4 Å². The van der Waals surface area contributed by atoms with Gasteiger partial charge in [-0.15, -0.1) is 0 Å². The van der Waals surface area contributed by atoms with Crippen molar-refractivity contribution in [2.45, 2.75) is 0 Å².